The van der Waals surface area contributed by atoms with Crippen LogP contribution in [0.4, 0.5) is 13.2 Å². The van der Waals surface area contributed by atoms with Crippen molar-refractivity contribution in [3.05, 3.63) is 198 Å². The van der Waals surface area contributed by atoms with Crippen molar-refractivity contribution in [1.82, 2.24) is 44.8 Å². The van der Waals surface area contributed by atoms with Gasteiger partial charge in [-0.15, -0.1) is 27.7 Å². The first kappa shape index (κ1) is 112. The third-order valence-corrected chi connectivity index (χ3v) is 25.3. The van der Waals surface area contributed by atoms with Gasteiger partial charge >= 0.3 is 28.8 Å². The Balaban J connectivity index is 0.000000250. The zero-order valence-corrected chi connectivity index (χ0v) is 84.0. The van der Waals surface area contributed by atoms with E-state index < -0.39 is 84.2 Å². The summed E-state index contributed by atoms with van der Waals surface area (Å²) in [5, 5.41) is 22.0. The Morgan fingerprint density at radius 2 is 0.763 bits per heavy atom. The van der Waals surface area contributed by atoms with Crippen LogP contribution in [0.25, 0.3) is 32.7 Å². The number of likely N-dealkylation sites (tertiary alicyclic amines) is 2. The van der Waals surface area contributed by atoms with Gasteiger partial charge in [0.1, 0.15) is 74.2 Å². The molecule has 6 aromatic carbocycles. The number of aryl methyl sites for hydroxylation is 3. The first-order chi connectivity index (χ1) is 63.7. The molecule has 3 aliphatic rings. The minimum Gasteiger partial charge on any atom is -0.481 e. The van der Waals surface area contributed by atoms with Gasteiger partial charge in [-0.25, -0.2) is 13.2 Å². The van der Waals surface area contributed by atoms with Crippen LogP contribution in [0.3, 0.4) is 0 Å². The number of hydrogen-bond donors (Lipinski definition) is 7. The van der Waals surface area contributed by atoms with Gasteiger partial charge in [-0.1, -0.05) is 111 Å². The van der Waals surface area contributed by atoms with E-state index in [1.54, 1.807) is 85.5 Å². The summed E-state index contributed by atoms with van der Waals surface area (Å²) >= 11 is 3.51. The summed E-state index contributed by atoms with van der Waals surface area (Å²) in [5.74, 6) is -2.51. The van der Waals surface area contributed by atoms with Gasteiger partial charge in [0.2, 0.25) is 29.5 Å². The molecule has 0 spiro atoms. The highest BCUT2D eigenvalue weighted by Gasteiger charge is 2.42. The van der Waals surface area contributed by atoms with Gasteiger partial charge < -0.3 is 92.0 Å². The molecule has 0 saturated carbocycles. The summed E-state index contributed by atoms with van der Waals surface area (Å²) in [5.41, 5.74) is 6.52. The molecule has 0 aliphatic carbocycles. The molecule has 0 bridgehead atoms. The van der Waals surface area contributed by atoms with Crippen LogP contribution in [0.15, 0.2) is 164 Å². The van der Waals surface area contributed by atoms with Crippen molar-refractivity contribution >= 4 is 143 Å². The second-order valence-corrected chi connectivity index (χ2v) is 50.2. The highest BCUT2D eigenvalue weighted by atomic mass is 79.9. The Hall–Kier alpha value is -9.64. The van der Waals surface area contributed by atoms with Crippen molar-refractivity contribution in [2.24, 2.45) is 0 Å². The molecule has 7 N–H and O–H groups in total. The molecule has 12 rings (SSSR count). The first-order valence-electron chi connectivity index (χ1n) is 44.9. The SMILES string of the molecule is CC(=O)c1cn(CC(=O)N2C[C@H](F)C[C@H]2C(=O)NCCCCc2ccccc2)c2ccc(OCP(=O)(O)O)cc12.CCOP(=O)(COc1ccc2c(c1)c(C(C)=O)cn2CC(=O)N1C[C@H](F)C[C@H]1C(=O)NCCCCc1ccccc1)OCC.CCOP(=O)(COc1ccc2c(c1)c(C(C)=O)cn2CC(=O)O)OCC.C[Si](C)(C)Br.Cl.O=C(NCCCCc1ccccc1)[C@@H]1C[C@@H](F)CN1. The smallest absolute Gasteiger partial charge is 0.367 e. The minimum absolute atomic E-state index is 0. The number of Topliss-reactive ketones (excluding diaryl/α,β-unsaturated/α-hetero) is 3. The number of ether oxygens (including phenoxy) is 3. The number of hydrogen-bond acceptors (Lipinski definition) is 20. The Bertz CT molecular complexity index is 5540. The van der Waals surface area contributed by atoms with Crippen molar-refractivity contribution < 1.29 is 117 Å². The quantitative estimate of drug-likeness (QED) is 0.00613. The maximum atomic E-state index is 14.5. The molecular weight excluding hydrogens is 1910 g/mol. The normalized spacial score (nSPS) is 16.4. The number of amides is 5. The fraction of sp³-hybridized carbons (Fsp3) is 0.463. The van der Waals surface area contributed by atoms with E-state index in [1.807, 2.05) is 54.6 Å². The Morgan fingerprint density at radius 1 is 0.452 bits per heavy atom. The van der Waals surface area contributed by atoms with Crippen LogP contribution < -0.4 is 35.5 Å². The van der Waals surface area contributed by atoms with E-state index in [1.165, 1.54) is 76.4 Å². The summed E-state index contributed by atoms with van der Waals surface area (Å²) in [7, 11) is -11.2. The summed E-state index contributed by atoms with van der Waals surface area (Å²) < 4.78 is 120. The highest BCUT2D eigenvalue weighted by Crippen LogP contribution is 2.49. The lowest BCUT2D eigenvalue weighted by molar-refractivity contribution is -0.138. The zero-order valence-electron chi connectivity index (χ0n) is 77.9. The summed E-state index contributed by atoms with van der Waals surface area (Å²) in [6, 6.07) is 42.7. The Kier molecular flexibility index (Phi) is 45.8. The minimum atomic E-state index is -4.40. The topological polar surface area (TPSA) is 400 Å². The van der Waals surface area contributed by atoms with Gasteiger partial charge in [-0.3, -0.25) is 56.8 Å². The number of benzene rings is 6. The third-order valence-electron chi connectivity index (χ3n) is 21.3. The van der Waals surface area contributed by atoms with E-state index in [2.05, 4.69) is 92.6 Å². The molecule has 40 heteroatoms. The van der Waals surface area contributed by atoms with Crippen LogP contribution >= 0.6 is 50.5 Å². The van der Waals surface area contributed by atoms with E-state index in [0.29, 0.717) is 93.5 Å². The average molecular weight is 2040 g/mol. The number of ketones is 3. The lowest BCUT2D eigenvalue weighted by Gasteiger charge is -2.24. The molecule has 6 atom stereocenters. The Morgan fingerprint density at radius 3 is 1.05 bits per heavy atom. The fourth-order valence-corrected chi connectivity index (χ4v) is 18.2. The summed E-state index contributed by atoms with van der Waals surface area (Å²) in [6.07, 6.45) is 8.01. The zero-order chi connectivity index (χ0) is 97.9. The largest absolute Gasteiger partial charge is 0.481 e. The van der Waals surface area contributed by atoms with E-state index >= 15 is 0 Å². The Labute approximate surface area is 800 Å². The molecule has 3 saturated heterocycles. The number of nitrogens with zero attached hydrogens (tertiary/aromatic N) is 5. The number of carboxylic acids is 1. The van der Waals surface area contributed by atoms with Crippen LogP contribution in [0, 0.1) is 0 Å². The van der Waals surface area contributed by atoms with Crippen molar-refractivity contribution in [2.45, 2.75) is 201 Å². The molecule has 3 aliphatic heterocycles. The fourth-order valence-electron chi connectivity index (χ4n) is 15.2. The van der Waals surface area contributed by atoms with E-state index in [4.69, 9.17) is 47.2 Å². The highest BCUT2D eigenvalue weighted by molar-refractivity contribution is 9.26. The average Bonchev–Trinajstić information content (AvgIpc) is 1.64. The monoisotopic (exact) mass is 2040 g/mol. The molecule has 31 nitrogen and oxygen atoms in total. The van der Waals surface area contributed by atoms with Crippen LogP contribution in [-0.4, -0.2) is 219 Å². The van der Waals surface area contributed by atoms with Gasteiger partial charge in [0.25, 0.3) is 0 Å². The standard InChI is InChI=1S/C32H41FN3O7P.C28H33FN3O7P.C17H22NO7P.C15H21FN2O.C3H9BrSi.ClH/c1-4-42-44(40,43-5-2)22-41-26-14-15-29-27(18-26)28(23(3)37)20-35(29)21-31(38)36-19-25(33)17-30(36)32(39)34-16-10-9-13-24-11-7-6-8-12-24;1-19(33)24-16-31(25-11-10-22(14-23(24)25)39-18-40(36,37)38)17-27(34)32-15-21(29)13-26(32)28(35)30-12-6-5-9-20-7-3-2-4-8-20;1-4-24-26(22,25-5-2)11-23-13-6-7-16-14(8-13)15(12(3)19)9-18(16)10-17(20)21;16-13-10-14(18-11-13)15(19)17-9-5-4-8-12-6-2-1-3-7-12;1-5(2,3)4;/h6-8,11-12,14-15,18,20,25,30H,4-5,9-10,13,16-17,19,21-22H2,1-3H3,(H,34,39);2-4,7-8,10-11,14,16,21,26H,5-6,9,12-13,15,17-18H2,1H3,(H,30,35)(H2,36,37,38);6-9H,4-5,10-11H2,1-3H3,(H,20,21);1-3,6-7,13-14,18H,4-5,8-11H2,(H,17,19);1-3H3;1H/t25-,30+;21-,26+;;13-,14+;;/m11.1../s1. The number of fused-ring (bicyclic) bond motifs is 3. The number of rotatable bonds is 44. The van der Waals surface area contributed by atoms with E-state index in [9.17, 15) is 70.0 Å². The van der Waals surface area contributed by atoms with Crippen molar-refractivity contribution in [1.29, 1.82) is 0 Å². The number of aliphatic carboxylic acids is 1. The molecule has 135 heavy (non-hydrogen) atoms. The van der Waals surface area contributed by atoms with Gasteiger partial charge in [-0.2, -0.15) is 0 Å². The van der Waals surface area contributed by atoms with Crippen molar-refractivity contribution in [2.75, 3.05) is 84.7 Å². The molecule has 738 valence electrons. The number of alkyl halides is 3. The molecule has 9 aromatic rings. The predicted molar refractivity (Wildman–Crippen MR) is 522 cm³/mol. The lowest BCUT2D eigenvalue weighted by atomic mass is 10.1. The molecular formula is C95H127BrClF3N9O22P3Si. The third kappa shape index (κ3) is 37.0. The van der Waals surface area contributed by atoms with Crippen LogP contribution in [-0.2, 0) is 99.5 Å². The molecule has 0 radical (unpaired) electrons. The molecule has 3 fully saturated rings. The number of unbranched alkanes of at least 4 members (excludes halogenated alkanes) is 3. The maximum Gasteiger partial charge on any atom is 0.367 e. The number of carbonyl (C=O) groups excluding carboxylic acids is 8. The second-order valence-electron chi connectivity index (χ2n) is 33.3. The number of nitrogens with one attached hydrogen (secondary N) is 4. The van der Waals surface area contributed by atoms with Gasteiger partial charge in [0.15, 0.2) is 36.4 Å². The summed E-state index contributed by atoms with van der Waals surface area (Å²) in [4.78, 5) is 133. The molecule has 0 unspecified atom stereocenters. The van der Waals surface area contributed by atoms with Gasteiger partial charge in [0.05, 0.1) is 45.6 Å². The van der Waals surface area contributed by atoms with Crippen LogP contribution in [0.1, 0.15) is 154 Å². The van der Waals surface area contributed by atoms with Crippen molar-refractivity contribution in [3.8, 4) is 17.2 Å². The maximum absolute atomic E-state index is 14.5. The predicted octanol–water partition coefficient (Wildman–Crippen LogP) is 17.0. The number of carboxylic acid groups (broad SMARTS) is 1. The van der Waals surface area contributed by atoms with Gasteiger partial charge in [0, 0.05) is 113 Å². The van der Waals surface area contributed by atoms with E-state index in [0.717, 1.165) is 57.8 Å². The van der Waals surface area contributed by atoms with Crippen molar-refractivity contribution in [3.63, 3.8) is 0 Å². The summed E-state index contributed by atoms with van der Waals surface area (Å²) in [6.45, 7) is 18.6. The van der Waals surface area contributed by atoms with Gasteiger partial charge in [-0.05, 0) is 178 Å². The van der Waals surface area contributed by atoms with Crippen LogP contribution in [0.5, 0.6) is 17.2 Å². The van der Waals surface area contributed by atoms with Crippen LogP contribution in [0.2, 0.25) is 19.6 Å². The van der Waals surface area contributed by atoms with E-state index in [-0.39, 0.29) is 144 Å². The number of halogens is 5. The molecule has 6 heterocycles. The second kappa shape index (κ2) is 55.1. The molecule has 3 aromatic heterocycles. The molecule has 5 amide bonds. The number of aromatic nitrogens is 3. The number of carbonyl (C=O) groups is 9. The lowest BCUT2D eigenvalue weighted by Crippen LogP contribution is -2.47. The first-order valence-corrected chi connectivity index (χ1v) is 55.9.